The molecule has 26 heavy (non-hydrogen) atoms. The zero-order chi connectivity index (χ0) is 18.3. The van der Waals surface area contributed by atoms with Gasteiger partial charge in [-0.25, -0.2) is 0 Å². The second-order valence-corrected chi connectivity index (χ2v) is 7.84. The van der Waals surface area contributed by atoms with E-state index in [4.69, 9.17) is 0 Å². The van der Waals surface area contributed by atoms with Crippen molar-refractivity contribution in [1.29, 1.82) is 0 Å². The molecule has 1 aliphatic carbocycles. The molecule has 1 aromatic carbocycles. The number of carbonyl (C=O) groups is 1. The average Bonchev–Trinajstić information content (AvgIpc) is 2.60. The molecule has 0 amide bonds. The molecule has 0 bridgehead atoms. The molecular formula is C22H22N2O2. The molecule has 0 fully saturated rings. The van der Waals surface area contributed by atoms with E-state index >= 15 is 0 Å². The lowest BCUT2D eigenvalue weighted by Crippen LogP contribution is -2.38. The Morgan fingerprint density at radius 3 is 2.54 bits per heavy atom. The van der Waals surface area contributed by atoms with Gasteiger partial charge in [-0.05, 0) is 29.5 Å². The zero-order valence-electron chi connectivity index (χ0n) is 15.0. The molecule has 4 rings (SSSR count). The van der Waals surface area contributed by atoms with Crippen LogP contribution in [0.4, 0.5) is 0 Å². The van der Waals surface area contributed by atoms with E-state index in [1.807, 2.05) is 42.5 Å². The number of hydrogen-bond donors (Lipinski definition) is 1. The normalized spacial score (nSPS) is 21.7. The van der Waals surface area contributed by atoms with E-state index in [9.17, 15) is 10.0 Å². The maximum Gasteiger partial charge on any atom is 0.239 e. The van der Waals surface area contributed by atoms with Crippen molar-refractivity contribution in [3.8, 4) is 0 Å². The number of hydrogen-bond acceptors (Lipinski definition) is 3. The standard InChI is InChI=1S/C22H22N2O2/c1-22(2)13-18-21(20(25)14-22)16(15-8-4-3-5-9-15)12-17(23-18)19-10-6-7-11-24(19)26/h3-12,16,23H,13-14H2,1-2H3/t16-/m1/s1. The smallest absolute Gasteiger partial charge is 0.239 e. The van der Waals surface area contributed by atoms with Crippen LogP contribution in [0.3, 0.4) is 0 Å². The first-order valence-corrected chi connectivity index (χ1v) is 8.93. The Balaban J connectivity index is 1.86. The van der Waals surface area contributed by atoms with E-state index in [0.717, 1.165) is 33.7 Å². The fraction of sp³-hybridized carbons (Fsp3) is 0.273. The molecule has 0 unspecified atom stereocenters. The number of benzene rings is 1. The highest BCUT2D eigenvalue weighted by atomic mass is 16.5. The Bertz CT molecular complexity index is 926. The Morgan fingerprint density at radius 1 is 1.08 bits per heavy atom. The number of allylic oxidation sites excluding steroid dienone is 3. The summed E-state index contributed by atoms with van der Waals surface area (Å²) in [5.41, 5.74) is 4.10. The first-order valence-electron chi connectivity index (χ1n) is 8.93. The van der Waals surface area contributed by atoms with Crippen LogP contribution < -0.4 is 10.0 Å². The SMILES string of the molecule is CC1(C)CC(=O)C2=C(C1)NC(c1cccc[n+]1[O-])=C[C@@H]2c1ccccc1. The number of ketones is 1. The van der Waals surface area contributed by atoms with Crippen molar-refractivity contribution in [3.63, 3.8) is 0 Å². The molecule has 4 nitrogen and oxygen atoms in total. The van der Waals surface area contributed by atoms with Crippen molar-refractivity contribution in [2.24, 2.45) is 5.41 Å². The van der Waals surface area contributed by atoms with Gasteiger partial charge in [-0.1, -0.05) is 44.2 Å². The molecule has 1 atom stereocenters. The summed E-state index contributed by atoms with van der Waals surface area (Å²) in [7, 11) is 0. The maximum absolute atomic E-state index is 12.9. The monoisotopic (exact) mass is 346 g/mol. The molecule has 0 saturated carbocycles. The molecule has 1 N–H and O–H groups in total. The third-order valence-electron chi connectivity index (χ3n) is 5.11. The summed E-state index contributed by atoms with van der Waals surface area (Å²) in [6.07, 6.45) is 4.84. The topological polar surface area (TPSA) is 56.0 Å². The number of carbonyl (C=O) groups excluding carboxylic acids is 1. The highest BCUT2D eigenvalue weighted by Crippen LogP contribution is 2.44. The van der Waals surface area contributed by atoms with Gasteiger partial charge in [0.1, 0.15) is 5.70 Å². The fourth-order valence-corrected chi connectivity index (χ4v) is 3.97. The summed E-state index contributed by atoms with van der Waals surface area (Å²) < 4.78 is 0.863. The van der Waals surface area contributed by atoms with Crippen LogP contribution in [-0.4, -0.2) is 5.78 Å². The fourth-order valence-electron chi connectivity index (χ4n) is 3.97. The largest absolute Gasteiger partial charge is 0.618 e. The maximum atomic E-state index is 12.9. The Morgan fingerprint density at radius 2 is 1.81 bits per heavy atom. The highest BCUT2D eigenvalue weighted by molar-refractivity contribution is 6.00. The lowest BCUT2D eigenvalue weighted by Gasteiger charge is -2.37. The second kappa shape index (κ2) is 6.13. The Labute approximate surface area is 153 Å². The van der Waals surface area contributed by atoms with Gasteiger partial charge < -0.3 is 10.5 Å². The Kier molecular flexibility index (Phi) is 3.91. The van der Waals surface area contributed by atoms with Crippen molar-refractivity contribution in [2.75, 3.05) is 0 Å². The van der Waals surface area contributed by atoms with Crippen LogP contribution in [-0.2, 0) is 4.79 Å². The van der Waals surface area contributed by atoms with E-state index in [-0.39, 0.29) is 17.1 Å². The Hall–Kier alpha value is -2.88. The van der Waals surface area contributed by atoms with Gasteiger partial charge in [-0.3, -0.25) is 4.79 Å². The van der Waals surface area contributed by atoms with Crippen LogP contribution in [0, 0.1) is 10.6 Å². The number of rotatable bonds is 2. The van der Waals surface area contributed by atoms with Gasteiger partial charge >= 0.3 is 0 Å². The quantitative estimate of drug-likeness (QED) is 0.666. The molecule has 2 heterocycles. The van der Waals surface area contributed by atoms with Gasteiger partial charge in [0.05, 0.1) is 0 Å². The molecule has 2 aliphatic rings. The highest BCUT2D eigenvalue weighted by Gasteiger charge is 2.39. The van der Waals surface area contributed by atoms with Crippen LogP contribution in [0.5, 0.6) is 0 Å². The van der Waals surface area contributed by atoms with Gasteiger partial charge in [0.2, 0.25) is 5.69 Å². The van der Waals surface area contributed by atoms with Gasteiger partial charge in [0, 0.05) is 35.7 Å². The van der Waals surface area contributed by atoms with Gasteiger partial charge in [0.25, 0.3) is 0 Å². The predicted octanol–water partition coefficient (Wildman–Crippen LogP) is 3.69. The lowest BCUT2D eigenvalue weighted by molar-refractivity contribution is -0.608. The van der Waals surface area contributed by atoms with E-state index in [0.29, 0.717) is 12.1 Å². The number of aromatic nitrogens is 1. The van der Waals surface area contributed by atoms with Crippen molar-refractivity contribution < 1.29 is 9.52 Å². The molecular weight excluding hydrogens is 324 g/mol. The molecule has 2 aromatic rings. The number of pyridine rings is 1. The van der Waals surface area contributed by atoms with Crippen LogP contribution in [0.25, 0.3) is 5.70 Å². The van der Waals surface area contributed by atoms with Gasteiger partial charge in [-0.2, -0.15) is 4.73 Å². The van der Waals surface area contributed by atoms with Crippen LogP contribution in [0.1, 0.15) is 43.9 Å². The number of nitrogens with one attached hydrogen (secondary N) is 1. The second-order valence-electron chi connectivity index (χ2n) is 7.84. The molecule has 0 saturated heterocycles. The van der Waals surface area contributed by atoms with Crippen LogP contribution in [0.15, 0.2) is 72.1 Å². The van der Waals surface area contributed by atoms with Crippen LogP contribution in [0.2, 0.25) is 0 Å². The molecule has 0 spiro atoms. The summed E-state index contributed by atoms with van der Waals surface area (Å²) in [6.45, 7) is 4.23. The minimum absolute atomic E-state index is 0.0866. The third-order valence-corrected chi connectivity index (χ3v) is 5.11. The van der Waals surface area contributed by atoms with E-state index < -0.39 is 0 Å². The van der Waals surface area contributed by atoms with Crippen molar-refractivity contribution in [3.05, 3.63) is 88.5 Å². The van der Waals surface area contributed by atoms with E-state index in [1.165, 1.54) is 6.20 Å². The first kappa shape index (κ1) is 16.6. The molecule has 0 radical (unpaired) electrons. The van der Waals surface area contributed by atoms with E-state index in [1.54, 1.807) is 12.1 Å². The zero-order valence-corrected chi connectivity index (χ0v) is 15.0. The average molecular weight is 346 g/mol. The van der Waals surface area contributed by atoms with Crippen molar-refractivity contribution in [1.82, 2.24) is 5.32 Å². The minimum Gasteiger partial charge on any atom is -0.618 e. The minimum atomic E-state index is -0.133. The van der Waals surface area contributed by atoms with Gasteiger partial charge in [0.15, 0.2) is 12.0 Å². The van der Waals surface area contributed by atoms with Crippen molar-refractivity contribution >= 4 is 11.5 Å². The number of dihydropyridines is 1. The summed E-state index contributed by atoms with van der Waals surface area (Å²) in [4.78, 5) is 12.9. The third kappa shape index (κ3) is 2.92. The van der Waals surface area contributed by atoms with Gasteiger partial charge in [-0.15, -0.1) is 0 Å². The van der Waals surface area contributed by atoms with Crippen molar-refractivity contribution in [2.45, 2.75) is 32.6 Å². The molecule has 4 heteroatoms. The number of Topliss-reactive ketones (excluding diaryl/α,β-unsaturated/α-hetero) is 1. The molecule has 132 valence electrons. The molecule has 1 aliphatic heterocycles. The first-order chi connectivity index (χ1) is 12.4. The summed E-state index contributed by atoms with van der Waals surface area (Å²) in [5.74, 6) is 0.0576. The number of nitrogens with zero attached hydrogens (tertiary/aromatic N) is 1. The van der Waals surface area contributed by atoms with E-state index in [2.05, 4.69) is 19.2 Å². The lowest BCUT2D eigenvalue weighted by atomic mass is 9.70. The molecule has 1 aromatic heterocycles. The predicted molar refractivity (Wildman–Crippen MR) is 101 cm³/mol. The van der Waals surface area contributed by atoms with Crippen LogP contribution >= 0.6 is 0 Å². The summed E-state index contributed by atoms with van der Waals surface area (Å²) in [5, 5.41) is 15.7. The summed E-state index contributed by atoms with van der Waals surface area (Å²) in [6, 6.07) is 15.4. The summed E-state index contributed by atoms with van der Waals surface area (Å²) >= 11 is 0.